The van der Waals surface area contributed by atoms with Gasteiger partial charge < -0.3 is 9.53 Å². The third kappa shape index (κ3) is 4.09. The minimum absolute atomic E-state index is 0.279. The van der Waals surface area contributed by atoms with E-state index in [1.54, 1.807) is 6.07 Å². The fraction of sp³-hybridized carbons (Fsp3) is 0.417. The van der Waals surface area contributed by atoms with Crippen LogP contribution in [-0.2, 0) is 4.79 Å². The number of carbonyl (C=O) groups is 1. The molecule has 5 heteroatoms. The summed E-state index contributed by atoms with van der Waals surface area (Å²) >= 11 is 0. The molecule has 0 aromatic heterocycles. The molecule has 17 heavy (non-hydrogen) atoms. The Hall–Kier alpha value is -1.52. The molecule has 0 heterocycles. The van der Waals surface area contributed by atoms with Crippen LogP contribution in [0.3, 0.4) is 0 Å². The van der Waals surface area contributed by atoms with E-state index in [2.05, 4.69) is 4.74 Å². The molecule has 1 aromatic carbocycles. The van der Waals surface area contributed by atoms with Gasteiger partial charge in [-0.05, 0) is 12.5 Å². The van der Waals surface area contributed by atoms with Crippen molar-refractivity contribution in [2.75, 3.05) is 0 Å². The minimum Gasteiger partial charge on any atom is -0.405 e. The van der Waals surface area contributed by atoms with E-state index < -0.39 is 12.3 Å². The molecule has 0 aliphatic rings. The standard InChI is InChI=1S/C12H13F3O2/c1-2-5-9(8-16)10-6-3-4-7-11(10)17-12(13,14)15/h3-4,6-9H,2,5H2,1H3. The van der Waals surface area contributed by atoms with Crippen molar-refractivity contribution in [1.29, 1.82) is 0 Å². The molecular formula is C12H13F3O2. The molecule has 1 aromatic rings. The van der Waals surface area contributed by atoms with Crippen molar-refractivity contribution in [3.63, 3.8) is 0 Å². The Morgan fingerprint density at radius 2 is 2.00 bits per heavy atom. The molecule has 94 valence electrons. The molecule has 1 rings (SSSR count). The molecule has 0 aliphatic carbocycles. The number of ether oxygens (including phenoxy) is 1. The van der Waals surface area contributed by atoms with Crippen molar-refractivity contribution in [3.05, 3.63) is 29.8 Å². The Kier molecular flexibility index (Phi) is 4.54. The van der Waals surface area contributed by atoms with Crippen LogP contribution >= 0.6 is 0 Å². The van der Waals surface area contributed by atoms with Crippen LogP contribution in [0.2, 0.25) is 0 Å². The van der Waals surface area contributed by atoms with E-state index in [0.717, 1.165) is 0 Å². The lowest BCUT2D eigenvalue weighted by atomic mass is 9.95. The van der Waals surface area contributed by atoms with E-state index >= 15 is 0 Å². The highest BCUT2D eigenvalue weighted by Crippen LogP contribution is 2.32. The number of hydrogen-bond donors (Lipinski definition) is 0. The molecule has 0 spiro atoms. The van der Waals surface area contributed by atoms with Crippen LogP contribution in [0, 0.1) is 0 Å². The number of carbonyl (C=O) groups excluding carboxylic acids is 1. The molecule has 0 N–H and O–H groups in total. The topological polar surface area (TPSA) is 26.3 Å². The van der Waals surface area contributed by atoms with Gasteiger partial charge in [-0.2, -0.15) is 0 Å². The molecule has 0 saturated carbocycles. The molecule has 0 aliphatic heterocycles. The summed E-state index contributed by atoms with van der Waals surface area (Å²) < 4.78 is 40.4. The summed E-state index contributed by atoms with van der Waals surface area (Å²) in [7, 11) is 0. The highest BCUT2D eigenvalue weighted by atomic mass is 19.4. The van der Waals surface area contributed by atoms with Crippen LogP contribution in [0.25, 0.3) is 0 Å². The first kappa shape index (κ1) is 13.5. The zero-order chi connectivity index (χ0) is 12.9. The molecule has 0 saturated heterocycles. The third-order valence-corrected chi connectivity index (χ3v) is 2.31. The summed E-state index contributed by atoms with van der Waals surface area (Å²) in [6.07, 6.45) is -2.87. The van der Waals surface area contributed by atoms with Gasteiger partial charge in [0.2, 0.25) is 0 Å². The number of para-hydroxylation sites is 1. The van der Waals surface area contributed by atoms with E-state index in [9.17, 15) is 18.0 Å². The van der Waals surface area contributed by atoms with E-state index in [0.29, 0.717) is 19.1 Å². The third-order valence-electron chi connectivity index (χ3n) is 2.31. The van der Waals surface area contributed by atoms with E-state index in [1.165, 1.54) is 18.2 Å². The van der Waals surface area contributed by atoms with Gasteiger partial charge in [0, 0.05) is 11.5 Å². The van der Waals surface area contributed by atoms with Gasteiger partial charge in [-0.3, -0.25) is 0 Å². The second kappa shape index (κ2) is 5.70. The fourth-order valence-corrected chi connectivity index (χ4v) is 1.61. The molecule has 1 atom stereocenters. The first-order valence-corrected chi connectivity index (χ1v) is 5.28. The lowest BCUT2D eigenvalue weighted by Gasteiger charge is -2.16. The predicted molar refractivity (Wildman–Crippen MR) is 56.8 cm³/mol. The maximum atomic E-state index is 12.2. The summed E-state index contributed by atoms with van der Waals surface area (Å²) in [5.41, 5.74) is 0.279. The quantitative estimate of drug-likeness (QED) is 0.741. The Morgan fingerprint density at radius 1 is 1.35 bits per heavy atom. The largest absolute Gasteiger partial charge is 0.573 e. The van der Waals surface area contributed by atoms with Gasteiger partial charge >= 0.3 is 6.36 Å². The van der Waals surface area contributed by atoms with Crippen LogP contribution in [-0.4, -0.2) is 12.6 Å². The highest BCUT2D eigenvalue weighted by Gasteiger charge is 2.32. The summed E-state index contributed by atoms with van der Waals surface area (Å²) in [5.74, 6) is -0.857. The Morgan fingerprint density at radius 3 is 2.53 bits per heavy atom. The molecule has 0 bridgehead atoms. The summed E-state index contributed by atoms with van der Waals surface area (Å²) in [5, 5.41) is 0. The van der Waals surface area contributed by atoms with Crippen LogP contribution in [0.1, 0.15) is 31.2 Å². The van der Waals surface area contributed by atoms with E-state index in [1.807, 2.05) is 6.92 Å². The number of rotatable bonds is 5. The van der Waals surface area contributed by atoms with Crippen LogP contribution in [0.15, 0.2) is 24.3 Å². The monoisotopic (exact) mass is 246 g/mol. The van der Waals surface area contributed by atoms with Gasteiger partial charge in [0.15, 0.2) is 0 Å². The second-order valence-electron chi connectivity index (χ2n) is 3.62. The predicted octanol–water partition coefficient (Wildman–Crippen LogP) is 3.67. The highest BCUT2D eigenvalue weighted by molar-refractivity contribution is 5.64. The summed E-state index contributed by atoms with van der Waals surface area (Å²) in [6, 6.07) is 5.73. The van der Waals surface area contributed by atoms with Gasteiger partial charge in [-0.15, -0.1) is 13.2 Å². The fourth-order valence-electron chi connectivity index (χ4n) is 1.61. The Labute approximate surface area is 97.4 Å². The SMILES string of the molecule is CCCC(C=O)c1ccccc1OC(F)(F)F. The lowest BCUT2D eigenvalue weighted by molar-refractivity contribution is -0.275. The first-order chi connectivity index (χ1) is 7.98. The van der Waals surface area contributed by atoms with Crippen molar-refractivity contribution < 1.29 is 22.7 Å². The minimum atomic E-state index is -4.74. The number of hydrogen-bond acceptors (Lipinski definition) is 2. The molecule has 0 amide bonds. The molecule has 1 unspecified atom stereocenters. The lowest BCUT2D eigenvalue weighted by Crippen LogP contribution is -2.18. The van der Waals surface area contributed by atoms with Crippen LogP contribution < -0.4 is 4.74 Å². The Bertz CT molecular complexity index is 374. The maximum Gasteiger partial charge on any atom is 0.573 e. The number of benzene rings is 1. The van der Waals surface area contributed by atoms with E-state index in [4.69, 9.17) is 0 Å². The zero-order valence-electron chi connectivity index (χ0n) is 9.33. The average Bonchev–Trinajstić information content (AvgIpc) is 2.25. The normalized spacial score (nSPS) is 13.2. The number of halogens is 3. The van der Waals surface area contributed by atoms with Crippen LogP contribution in [0.5, 0.6) is 5.75 Å². The second-order valence-corrected chi connectivity index (χ2v) is 3.62. The van der Waals surface area contributed by atoms with Crippen molar-refractivity contribution in [2.24, 2.45) is 0 Å². The van der Waals surface area contributed by atoms with Gasteiger partial charge in [0.1, 0.15) is 12.0 Å². The van der Waals surface area contributed by atoms with Crippen molar-refractivity contribution in [3.8, 4) is 5.75 Å². The van der Waals surface area contributed by atoms with Crippen LogP contribution in [0.4, 0.5) is 13.2 Å². The van der Waals surface area contributed by atoms with Gasteiger partial charge in [0.05, 0.1) is 0 Å². The molecular weight excluding hydrogens is 233 g/mol. The number of alkyl halides is 3. The Balaban J connectivity index is 3.01. The average molecular weight is 246 g/mol. The van der Waals surface area contributed by atoms with Gasteiger partial charge in [-0.1, -0.05) is 31.5 Å². The smallest absolute Gasteiger partial charge is 0.405 e. The molecule has 0 radical (unpaired) electrons. The van der Waals surface area contributed by atoms with Crippen molar-refractivity contribution in [1.82, 2.24) is 0 Å². The van der Waals surface area contributed by atoms with Gasteiger partial charge in [0.25, 0.3) is 0 Å². The maximum absolute atomic E-state index is 12.2. The molecule has 2 nitrogen and oxygen atoms in total. The zero-order valence-corrected chi connectivity index (χ0v) is 9.33. The molecule has 0 fully saturated rings. The van der Waals surface area contributed by atoms with Crippen molar-refractivity contribution in [2.45, 2.75) is 32.0 Å². The van der Waals surface area contributed by atoms with Gasteiger partial charge in [-0.25, -0.2) is 0 Å². The first-order valence-electron chi connectivity index (χ1n) is 5.28. The summed E-state index contributed by atoms with van der Waals surface area (Å²) in [4.78, 5) is 10.9. The summed E-state index contributed by atoms with van der Waals surface area (Å²) in [6.45, 7) is 1.86. The number of aldehydes is 1. The van der Waals surface area contributed by atoms with Crippen molar-refractivity contribution >= 4 is 6.29 Å². The van der Waals surface area contributed by atoms with E-state index in [-0.39, 0.29) is 11.3 Å².